The number of hydrogen-bond donors (Lipinski definition) is 2. The van der Waals surface area contributed by atoms with Crippen LogP contribution in [-0.4, -0.2) is 23.4 Å². The molecule has 0 saturated heterocycles. The van der Waals surface area contributed by atoms with E-state index in [-0.39, 0.29) is 24.2 Å². The highest BCUT2D eigenvalue weighted by atomic mass is 32.1. The van der Waals surface area contributed by atoms with E-state index >= 15 is 0 Å². The molecule has 1 aromatic heterocycles. The number of halogens is 1. The van der Waals surface area contributed by atoms with Crippen molar-refractivity contribution < 1.29 is 18.7 Å². The van der Waals surface area contributed by atoms with Crippen LogP contribution in [0.3, 0.4) is 0 Å². The molecule has 0 fully saturated rings. The van der Waals surface area contributed by atoms with Gasteiger partial charge < -0.3 is 10.1 Å². The fourth-order valence-electron chi connectivity index (χ4n) is 2.23. The summed E-state index contributed by atoms with van der Waals surface area (Å²) in [5, 5.41) is 7.63. The lowest BCUT2D eigenvalue weighted by Crippen LogP contribution is -2.20. The van der Waals surface area contributed by atoms with Gasteiger partial charge in [-0.1, -0.05) is 12.1 Å². The molecule has 2 amide bonds. The Balaban J connectivity index is 1.56. The van der Waals surface area contributed by atoms with Crippen LogP contribution in [0.5, 0.6) is 5.75 Å². The van der Waals surface area contributed by atoms with Crippen LogP contribution < -0.4 is 15.4 Å². The number of hydrogen-bond acceptors (Lipinski definition) is 5. The topological polar surface area (TPSA) is 80.3 Å². The Morgan fingerprint density at radius 2 is 1.78 bits per heavy atom. The van der Waals surface area contributed by atoms with Crippen molar-refractivity contribution in [2.45, 2.75) is 6.92 Å². The molecule has 0 spiro atoms. The highest BCUT2D eigenvalue weighted by Crippen LogP contribution is 2.26. The van der Waals surface area contributed by atoms with Gasteiger partial charge >= 0.3 is 0 Å². The Hall–Kier alpha value is -3.26. The second kappa shape index (κ2) is 8.41. The SMILES string of the molecule is CC(=O)Nc1ccc(-c2csc(NC(=O)COc3ccc(F)cc3)n2)cc1. The Morgan fingerprint density at radius 3 is 2.44 bits per heavy atom. The Bertz CT molecular complexity index is 940. The number of anilines is 2. The molecule has 1 heterocycles. The molecule has 3 aromatic rings. The normalized spacial score (nSPS) is 10.3. The highest BCUT2D eigenvalue weighted by Gasteiger charge is 2.09. The maximum Gasteiger partial charge on any atom is 0.264 e. The summed E-state index contributed by atoms with van der Waals surface area (Å²) >= 11 is 1.29. The minimum absolute atomic E-state index is 0.135. The third-order valence-electron chi connectivity index (χ3n) is 3.44. The lowest BCUT2D eigenvalue weighted by Gasteiger charge is -2.05. The number of carbonyl (C=O) groups is 2. The summed E-state index contributed by atoms with van der Waals surface area (Å²) in [6.07, 6.45) is 0. The monoisotopic (exact) mass is 385 g/mol. The van der Waals surface area contributed by atoms with Crippen molar-refractivity contribution in [2.24, 2.45) is 0 Å². The first-order valence-corrected chi connectivity index (χ1v) is 8.89. The van der Waals surface area contributed by atoms with E-state index in [1.54, 1.807) is 12.1 Å². The summed E-state index contributed by atoms with van der Waals surface area (Å²) < 4.78 is 18.1. The zero-order chi connectivity index (χ0) is 19.2. The molecule has 0 saturated carbocycles. The Labute approximate surface area is 159 Å². The van der Waals surface area contributed by atoms with Gasteiger partial charge in [0.2, 0.25) is 5.91 Å². The average molecular weight is 385 g/mol. The number of nitrogens with one attached hydrogen (secondary N) is 2. The van der Waals surface area contributed by atoms with E-state index in [1.165, 1.54) is 42.5 Å². The quantitative estimate of drug-likeness (QED) is 0.674. The van der Waals surface area contributed by atoms with E-state index in [1.807, 2.05) is 17.5 Å². The number of benzene rings is 2. The van der Waals surface area contributed by atoms with Gasteiger partial charge in [0.15, 0.2) is 11.7 Å². The predicted octanol–water partition coefficient (Wildman–Crippen LogP) is 3.93. The highest BCUT2D eigenvalue weighted by molar-refractivity contribution is 7.14. The first-order chi connectivity index (χ1) is 13.0. The second-order valence-electron chi connectivity index (χ2n) is 5.59. The van der Waals surface area contributed by atoms with Crippen LogP contribution in [0.2, 0.25) is 0 Å². The van der Waals surface area contributed by atoms with Crippen molar-refractivity contribution in [3.63, 3.8) is 0 Å². The lowest BCUT2D eigenvalue weighted by molar-refractivity contribution is -0.118. The van der Waals surface area contributed by atoms with E-state index in [2.05, 4.69) is 15.6 Å². The van der Waals surface area contributed by atoms with Crippen molar-refractivity contribution >= 4 is 34.0 Å². The number of aromatic nitrogens is 1. The van der Waals surface area contributed by atoms with Crippen molar-refractivity contribution in [3.8, 4) is 17.0 Å². The van der Waals surface area contributed by atoms with E-state index in [4.69, 9.17) is 4.74 Å². The van der Waals surface area contributed by atoms with Gasteiger partial charge in [-0.05, 0) is 36.4 Å². The molecular formula is C19H16FN3O3S. The smallest absolute Gasteiger partial charge is 0.264 e. The fraction of sp³-hybridized carbons (Fsp3) is 0.105. The molecule has 0 unspecified atom stereocenters. The number of thiazole rings is 1. The maximum atomic E-state index is 12.8. The van der Waals surface area contributed by atoms with Crippen LogP contribution in [0.15, 0.2) is 53.9 Å². The molecule has 0 aliphatic heterocycles. The molecule has 27 heavy (non-hydrogen) atoms. The standard InChI is InChI=1S/C19H16FN3O3S/c1-12(24)21-15-6-2-13(3-7-15)17-11-27-19(22-17)23-18(25)10-26-16-8-4-14(20)5-9-16/h2-9,11H,10H2,1H3,(H,21,24)(H,22,23,25). The Morgan fingerprint density at radius 1 is 1.07 bits per heavy atom. The summed E-state index contributed by atoms with van der Waals surface area (Å²) in [6, 6.07) is 12.7. The molecule has 0 aliphatic rings. The molecule has 0 bridgehead atoms. The lowest BCUT2D eigenvalue weighted by atomic mass is 10.1. The summed E-state index contributed by atoms with van der Waals surface area (Å²) in [7, 11) is 0. The Kier molecular flexibility index (Phi) is 5.77. The van der Waals surface area contributed by atoms with Gasteiger partial charge in [-0.2, -0.15) is 0 Å². The fourth-order valence-corrected chi connectivity index (χ4v) is 2.96. The maximum absolute atomic E-state index is 12.8. The molecular weight excluding hydrogens is 369 g/mol. The van der Waals surface area contributed by atoms with Gasteiger partial charge in [-0.3, -0.25) is 14.9 Å². The van der Waals surface area contributed by atoms with Crippen LogP contribution in [-0.2, 0) is 9.59 Å². The van der Waals surface area contributed by atoms with Crippen LogP contribution in [0, 0.1) is 5.82 Å². The minimum Gasteiger partial charge on any atom is -0.484 e. The van der Waals surface area contributed by atoms with Crippen LogP contribution in [0.1, 0.15) is 6.92 Å². The molecule has 2 N–H and O–H groups in total. The van der Waals surface area contributed by atoms with E-state index < -0.39 is 0 Å². The number of ether oxygens (including phenoxy) is 1. The van der Waals surface area contributed by atoms with Crippen LogP contribution in [0.25, 0.3) is 11.3 Å². The van der Waals surface area contributed by atoms with Gasteiger partial charge in [0, 0.05) is 23.6 Å². The van der Waals surface area contributed by atoms with Crippen molar-refractivity contribution in [1.82, 2.24) is 4.98 Å². The number of nitrogens with zero attached hydrogens (tertiary/aromatic N) is 1. The van der Waals surface area contributed by atoms with Gasteiger partial charge in [0.05, 0.1) is 5.69 Å². The van der Waals surface area contributed by atoms with Crippen molar-refractivity contribution in [1.29, 1.82) is 0 Å². The average Bonchev–Trinajstić information content (AvgIpc) is 3.10. The molecule has 6 nitrogen and oxygen atoms in total. The second-order valence-corrected chi connectivity index (χ2v) is 6.45. The number of carbonyl (C=O) groups excluding carboxylic acids is 2. The number of rotatable bonds is 6. The van der Waals surface area contributed by atoms with Crippen LogP contribution in [0.4, 0.5) is 15.2 Å². The number of amides is 2. The molecule has 3 rings (SSSR count). The van der Waals surface area contributed by atoms with Gasteiger partial charge in [0.25, 0.3) is 5.91 Å². The summed E-state index contributed by atoms with van der Waals surface area (Å²) in [5.41, 5.74) is 2.28. The third-order valence-corrected chi connectivity index (χ3v) is 4.19. The largest absolute Gasteiger partial charge is 0.484 e. The van der Waals surface area contributed by atoms with Crippen molar-refractivity contribution in [3.05, 3.63) is 59.7 Å². The van der Waals surface area contributed by atoms with E-state index in [0.29, 0.717) is 22.3 Å². The third kappa shape index (κ3) is 5.35. The van der Waals surface area contributed by atoms with E-state index in [0.717, 1.165) is 5.56 Å². The molecule has 0 aliphatic carbocycles. The zero-order valence-corrected chi connectivity index (χ0v) is 15.2. The minimum atomic E-state index is -0.368. The van der Waals surface area contributed by atoms with Crippen molar-refractivity contribution in [2.75, 3.05) is 17.2 Å². The van der Waals surface area contributed by atoms with Gasteiger partial charge in [-0.25, -0.2) is 9.37 Å². The molecule has 2 aromatic carbocycles. The molecule has 0 atom stereocenters. The summed E-state index contributed by atoms with van der Waals surface area (Å²) in [5.74, 6) is -0.455. The first kappa shape index (κ1) is 18.5. The predicted molar refractivity (Wildman–Crippen MR) is 102 cm³/mol. The first-order valence-electron chi connectivity index (χ1n) is 8.01. The summed E-state index contributed by atoms with van der Waals surface area (Å²) in [4.78, 5) is 27.4. The summed E-state index contributed by atoms with van der Waals surface area (Å²) in [6.45, 7) is 1.25. The molecule has 8 heteroatoms. The van der Waals surface area contributed by atoms with Crippen LogP contribution >= 0.6 is 11.3 Å². The van der Waals surface area contributed by atoms with E-state index in [9.17, 15) is 14.0 Å². The van der Waals surface area contributed by atoms with Gasteiger partial charge in [-0.15, -0.1) is 11.3 Å². The molecule has 0 radical (unpaired) electrons. The van der Waals surface area contributed by atoms with Gasteiger partial charge in [0.1, 0.15) is 11.6 Å². The molecule has 138 valence electrons. The zero-order valence-electron chi connectivity index (χ0n) is 14.4.